The molecule has 1 aliphatic rings. The predicted molar refractivity (Wildman–Crippen MR) is 193 cm³/mol. The van der Waals surface area contributed by atoms with Crippen LogP contribution in [-0.2, 0) is 0 Å². The van der Waals surface area contributed by atoms with Crippen LogP contribution in [0.25, 0.3) is 10.6 Å². The van der Waals surface area contributed by atoms with Crippen LogP contribution in [0.2, 0.25) is 0 Å². The van der Waals surface area contributed by atoms with Crippen molar-refractivity contribution in [3.05, 3.63) is 23.0 Å². The minimum atomic E-state index is -0.562. The normalized spacial score (nSPS) is 12.7. The van der Waals surface area contributed by atoms with E-state index in [1.165, 1.54) is 103 Å². The first-order valence-electron chi connectivity index (χ1n) is 17.7. The van der Waals surface area contributed by atoms with Gasteiger partial charge in [0.1, 0.15) is 0 Å². The smallest absolute Gasteiger partial charge is 0.0594 e. The zero-order valence-electron chi connectivity index (χ0n) is 28.6. The Bertz CT molecular complexity index is 378. The molecule has 2 nitrogen and oxygen atoms in total. The topological polar surface area (TPSA) is 28.2 Å². The van der Waals surface area contributed by atoms with Gasteiger partial charge >= 0.3 is 0 Å². The van der Waals surface area contributed by atoms with Gasteiger partial charge in [0.2, 0.25) is 0 Å². The number of hydrogen-bond acceptors (Lipinski definition) is 0. The lowest BCUT2D eigenvalue weighted by Gasteiger charge is -2.28. The van der Waals surface area contributed by atoms with Crippen molar-refractivity contribution in [1.82, 2.24) is 0 Å². The largest absolute Gasteiger partial charge is 0.707 e. The minimum Gasteiger partial charge on any atom is -0.707 e. The summed E-state index contributed by atoms with van der Waals surface area (Å²) < 4.78 is 0. The van der Waals surface area contributed by atoms with Crippen LogP contribution in [0, 0.1) is 0 Å². The molecule has 1 heterocycles. The van der Waals surface area contributed by atoms with Gasteiger partial charge in [0.15, 0.2) is 0 Å². The summed E-state index contributed by atoms with van der Waals surface area (Å²) in [5, 5.41) is 7.47. The van der Waals surface area contributed by atoms with Gasteiger partial charge in [-0.1, -0.05) is 107 Å². The second-order valence-corrected chi connectivity index (χ2v) is 21.0. The highest BCUT2D eigenvalue weighted by Gasteiger charge is 2.35. The molecule has 0 aromatic heterocycles. The van der Waals surface area contributed by atoms with Crippen LogP contribution in [0.4, 0.5) is 0 Å². The zero-order valence-corrected chi connectivity index (χ0v) is 30.4. The Balaban J connectivity index is 0. The van der Waals surface area contributed by atoms with Crippen LogP contribution in [-0.4, -0.2) is 56.0 Å². The van der Waals surface area contributed by atoms with E-state index >= 15 is 0 Å². The van der Waals surface area contributed by atoms with Crippen molar-refractivity contribution in [2.75, 3.05) is 56.0 Å². The lowest BCUT2D eigenvalue weighted by molar-refractivity contribution is 0.814. The molecule has 0 aliphatic carbocycles. The Hall–Kier alpha value is 0.200. The summed E-state index contributed by atoms with van der Waals surface area (Å²) in [5.74, 6) is 0. The minimum absolute atomic E-state index is 0.562. The molecule has 0 amide bonds. The van der Waals surface area contributed by atoms with E-state index in [1.54, 1.807) is 61.7 Å². The maximum absolute atomic E-state index is 3.74. The summed E-state index contributed by atoms with van der Waals surface area (Å²) >= 11 is 0. The van der Waals surface area contributed by atoms with Gasteiger partial charge in [0.05, 0.1) is 49.3 Å². The standard InChI is InChI=1S/2C16H36P.C3H4N2/c2*1-5-9-13-17(14-10-6-2,15-11-7-3)16-12-8-4;1-2-5-3-4-1/h2*5-16H2,1-4H3;1-2H,3H2/q2*+1;-2. The highest BCUT2D eigenvalue weighted by atomic mass is 31.2. The maximum atomic E-state index is 3.74. The Labute approximate surface area is 251 Å². The fourth-order valence-corrected chi connectivity index (χ4v) is 16.1. The van der Waals surface area contributed by atoms with Gasteiger partial charge in [-0.15, -0.1) is 0 Å². The third-order valence-corrected chi connectivity index (χ3v) is 18.4. The summed E-state index contributed by atoms with van der Waals surface area (Å²) in [7, 11) is -1.12. The quantitative estimate of drug-likeness (QED) is 0.101. The maximum Gasteiger partial charge on any atom is 0.0594 e. The van der Waals surface area contributed by atoms with E-state index in [-0.39, 0.29) is 0 Å². The first kappa shape index (κ1) is 41.3. The van der Waals surface area contributed by atoms with E-state index < -0.39 is 14.5 Å². The van der Waals surface area contributed by atoms with Crippen molar-refractivity contribution in [3.63, 3.8) is 0 Å². The van der Waals surface area contributed by atoms with E-state index in [0.29, 0.717) is 6.67 Å². The van der Waals surface area contributed by atoms with E-state index in [9.17, 15) is 0 Å². The predicted octanol–water partition coefficient (Wildman–Crippen LogP) is 13.6. The summed E-state index contributed by atoms with van der Waals surface area (Å²) in [6.07, 6.45) is 39.3. The SMILES string of the molecule is C1=C[N-]C[N-]1.CCCC[P+](CCCC)(CCCC)CCCC.CCCC[P+](CCCC)(CCCC)CCCC. The summed E-state index contributed by atoms with van der Waals surface area (Å²) in [6.45, 7) is 19.5. The summed E-state index contributed by atoms with van der Waals surface area (Å²) in [4.78, 5) is 0. The molecule has 0 saturated carbocycles. The first-order chi connectivity index (χ1) is 19.0. The van der Waals surface area contributed by atoms with Crippen LogP contribution in [0.15, 0.2) is 12.4 Å². The molecule has 0 N–H and O–H groups in total. The lowest BCUT2D eigenvalue weighted by atomic mass is 10.4. The number of rotatable bonds is 24. The van der Waals surface area contributed by atoms with Gasteiger partial charge in [-0.3, -0.25) is 0 Å². The Morgan fingerprint density at radius 3 is 0.641 bits per heavy atom. The Kier molecular flexibility index (Phi) is 33.0. The number of nitrogens with zero attached hydrogens (tertiary/aromatic N) is 2. The molecule has 0 fully saturated rings. The van der Waals surface area contributed by atoms with Crippen molar-refractivity contribution < 1.29 is 0 Å². The Morgan fingerprint density at radius 1 is 0.359 bits per heavy atom. The van der Waals surface area contributed by atoms with E-state index in [4.69, 9.17) is 0 Å². The molecule has 0 saturated heterocycles. The van der Waals surface area contributed by atoms with E-state index in [1.807, 2.05) is 0 Å². The highest BCUT2D eigenvalue weighted by Crippen LogP contribution is 2.62. The van der Waals surface area contributed by atoms with Crippen molar-refractivity contribution in [2.45, 2.75) is 158 Å². The third-order valence-electron chi connectivity index (χ3n) is 8.33. The molecular weight excluding hydrogens is 510 g/mol. The molecule has 0 aromatic rings. The fraction of sp³-hybridized carbons (Fsp3) is 0.943. The van der Waals surface area contributed by atoms with E-state index in [0.717, 1.165) is 0 Å². The van der Waals surface area contributed by atoms with Crippen LogP contribution in [0.3, 0.4) is 0 Å². The van der Waals surface area contributed by atoms with Gasteiger partial charge in [-0.2, -0.15) is 0 Å². The van der Waals surface area contributed by atoms with Crippen molar-refractivity contribution in [3.8, 4) is 0 Å². The average molecular weight is 587 g/mol. The van der Waals surface area contributed by atoms with Crippen LogP contribution in [0.1, 0.15) is 158 Å². The molecule has 1 aliphatic heterocycles. The molecule has 0 bridgehead atoms. The lowest BCUT2D eigenvalue weighted by Crippen LogP contribution is -2.12. The van der Waals surface area contributed by atoms with Gasteiger partial charge in [0, 0.05) is 14.5 Å². The molecule has 1 rings (SSSR count). The molecular formula is C35H76N2P2. The van der Waals surface area contributed by atoms with Crippen molar-refractivity contribution in [1.29, 1.82) is 0 Å². The second-order valence-electron chi connectivity index (χ2n) is 12.1. The highest BCUT2D eigenvalue weighted by molar-refractivity contribution is 7.76. The molecule has 0 atom stereocenters. The third kappa shape index (κ3) is 24.5. The molecule has 39 heavy (non-hydrogen) atoms. The number of unbranched alkanes of at least 4 members (excludes halogenated alkanes) is 8. The van der Waals surface area contributed by atoms with Gasteiger partial charge in [-0.25, -0.2) is 19.1 Å². The van der Waals surface area contributed by atoms with Crippen LogP contribution >= 0.6 is 14.5 Å². The van der Waals surface area contributed by atoms with Crippen molar-refractivity contribution in [2.24, 2.45) is 0 Å². The van der Waals surface area contributed by atoms with Crippen LogP contribution in [0.5, 0.6) is 0 Å². The van der Waals surface area contributed by atoms with Gasteiger partial charge in [0.25, 0.3) is 0 Å². The van der Waals surface area contributed by atoms with E-state index in [2.05, 4.69) is 66.0 Å². The molecule has 0 radical (unpaired) electrons. The van der Waals surface area contributed by atoms with Crippen LogP contribution < -0.4 is 0 Å². The molecule has 4 heteroatoms. The molecule has 236 valence electrons. The Morgan fingerprint density at radius 2 is 0.538 bits per heavy atom. The monoisotopic (exact) mass is 587 g/mol. The summed E-state index contributed by atoms with van der Waals surface area (Å²) in [6, 6.07) is 0. The average Bonchev–Trinajstić information content (AvgIpc) is 3.57. The van der Waals surface area contributed by atoms with Gasteiger partial charge < -0.3 is 10.6 Å². The molecule has 0 spiro atoms. The van der Waals surface area contributed by atoms with Crippen molar-refractivity contribution >= 4 is 14.5 Å². The summed E-state index contributed by atoms with van der Waals surface area (Å²) in [5.41, 5.74) is 0. The fourth-order valence-electron chi connectivity index (χ4n) is 5.53. The first-order valence-corrected chi connectivity index (χ1v) is 22.7. The molecule has 0 aromatic carbocycles. The zero-order chi connectivity index (χ0) is 29.5. The van der Waals surface area contributed by atoms with Gasteiger partial charge in [-0.05, 0) is 51.4 Å². The number of hydrogen-bond donors (Lipinski definition) is 0. The molecule has 0 unspecified atom stereocenters. The second kappa shape index (κ2) is 31.1.